The van der Waals surface area contributed by atoms with Gasteiger partial charge in [0.2, 0.25) is 0 Å². The van der Waals surface area contributed by atoms with Gasteiger partial charge in [0, 0.05) is 0 Å². The van der Waals surface area contributed by atoms with Gasteiger partial charge in [-0.3, -0.25) is 0 Å². The summed E-state index contributed by atoms with van der Waals surface area (Å²) < 4.78 is 28.0. The Morgan fingerprint density at radius 1 is 0.952 bits per heavy atom. The third-order valence-electron chi connectivity index (χ3n) is 4.68. The van der Waals surface area contributed by atoms with Crippen LogP contribution in [-0.2, 0) is 23.7 Å². The van der Waals surface area contributed by atoms with Crippen LogP contribution < -0.4 is 0 Å². The smallest absolute Gasteiger partial charge is 0.171 e. The van der Waals surface area contributed by atoms with E-state index in [0.29, 0.717) is 26.4 Å². The Bertz CT molecular complexity index is 330. The lowest BCUT2D eigenvalue weighted by Crippen LogP contribution is -2.63. The summed E-state index contributed by atoms with van der Waals surface area (Å²) in [5.74, 6) is 0. The Morgan fingerprint density at radius 2 is 1.38 bits per heavy atom. The molecule has 2 aliphatic heterocycles. The third-order valence-corrected chi connectivity index (χ3v) is 4.68. The van der Waals surface area contributed by atoms with E-state index in [9.17, 15) is 0 Å². The summed E-state index contributed by atoms with van der Waals surface area (Å²) in [7, 11) is 0. The third kappa shape index (κ3) is 2.96. The van der Waals surface area contributed by atoms with Crippen molar-refractivity contribution >= 4 is 0 Å². The van der Waals surface area contributed by atoms with Crippen LogP contribution in [0.3, 0.4) is 0 Å². The van der Waals surface area contributed by atoms with E-state index in [-0.39, 0.29) is 23.4 Å². The SMILES string of the molecule is C=COCC1(CC)COC1OC1OCC1(CC)COC=C. The van der Waals surface area contributed by atoms with E-state index in [1.807, 2.05) is 0 Å². The average Bonchev–Trinajstić information content (AvgIpc) is 2.47. The van der Waals surface area contributed by atoms with E-state index in [1.54, 1.807) is 0 Å². The second-order valence-electron chi connectivity index (χ2n) is 5.81. The minimum absolute atomic E-state index is 0.119. The summed E-state index contributed by atoms with van der Waals surface area (Å²) in [6.07, 6.45) is 4.15. The first-order chi connectivity index (χ1) is 10.2. The molecule has 120 valence electrons. The molecule has 0 N–H and O–H groups in total. The summed E-state index contributed by atoms with van der Waals surface area (Å²) in [4.78, 5) is 0. The lowest BCUT2D eigenvalue weighted by atomic mass is 9.80. The van der Waals surface area contributed by atoms with Crippen LogP contribution in [0.25, 0.3) is 0 Å². The molecule has 2 fully saturated rings. The largest absolute Gasteiger partial charge is 0.501 e. The van der Waals surface area contributed by atoms with Crippen molar-refractivity contribution in [1.29, 1.82) is 0 Å². The first-order valence-corrected chi connectivity index (χ1v) is 7.50. The standard InChI is InChI=1S/C16H26O5/c1-5-15(9-17-7-3)11-19-13(15)21-14-16(6-2,12-20-14)10-18-8-4/h7-8,13-14H,3-6,9-12H2,1-2H3. The van der Waals surface area contributed by atoms with E-state index < -0.39 is 0 Å². The maximum atomic E-state index is 6.06. The van der Waals surface area contributed by atoms with Crippen LogP contribution in [0.4, 0.5) is 0 Å². The molecule has 0 radical (unpaired) electrons. The molecule has 21 heavy (non-hydrogen) atoms. The Hall–Kier alpha value is -1.04. The van der Waals surface area contributed by atoms with Crippen molar-refractivity contribution in [3.8, 4) is 0 Å². The number of ether oxygens (including phenoxy) is 5. The summed E-state index contributed by atoms with van der Waals surface area (Å²) in [5, 5.41) is 0. The van der Waals surface area contributed by atoms with E-state index in [4.69, 9.17) is 23.7 Å². The Kier molecular flexibility index (Phi) is 5.30. The van der Waals surface area contributed by atoms with E-state index >= 15 is 0 Å². The van der Waals surface area contributed by atoms with E-state index in [0.717, 1.165) is 12.8 Å². The first kappa shape index (κ1) is 16.3. The Labute approximate surface area is 126 Å². The Morgan fingerprint density at radius 3 is 1.62 bits per heavy atom. The molecular formula is C16H26O5. The molecular weight excluding hydrogens is 272 g/mol. The lowest BCUT2D eigenvalue weighted by Gasteiger charge is -2.54. The molecule has 0 aromatic rings. The van der Waals surface area contributed by atoms with Gasteiger partial charge in [-0.1, -0.05) is 27.0 Å². The van der Waals surface area contributed by atoms with Crippen LogP contribution in [0.15, 0.2) is 25.7 Å². The Balaban J connectivity index is 1.94. The minimum Gasteiger partial charge on any atom is -0.501 e. The van der Waals surface area contributed by atoms with Crippen LogP contribution >= 0.6 is 0 Å². The summed E-state index contributed by atoms with van der Waals surface area (Å²) in [6, 6.07) is 0. The van der Waals surface area contributed by atoms with Gasteiger partial charge in [-0.15, -0.1) is 0 Å². The number of hydrogen-bond acceptors (Lipinski definition) is 5. The van der Waals surface area contributed by atoms with Crippen molar-refractivity contribution in [2.45, 2.75) is 39.3 Å². The highest BCUT2D eigenvalue weighted by Gasteiger charge is 2.56. The molecule has 2 saturated heterocycles. The molecule has 0 amide bonds. The zero-order chi connectivity index (χ0) is 15.3. The first-order valence-electron chi connectivity index (χ1n) is 7.50. The summed E-state index contributed by atoms with van der Waals surface area (Å²) >= 11 is 0. The van der Waals surface area contributed by atoms with Gasteiger partial charge in [-0.25, -0.2) is 0 Å². The van der Waals surface area contributed by atoms with Crippen molar-refractivity contribution in [3.05, 3.63) is 25.7 Å². The van der Waals surface area contributed by atoms with Crippen molar-refractivity contribution in [2.24, 2.45) is 10.8 Å². The monoisotopic (exact) mass is 298 g/mol. The molecule has 0 aliphatic carbocycles. The van der Waals surface area contributed by atoms with Gasteiger partial charge < -0.3 is 23.7 Å². The van der Waals surface area contributed by atoms with E-state index in [2.05, 4.69) is 27.0 Å². The van der Waals surface area contributed by atoms with Gasteiger partial charge in [0.25, 0.3) is 0 Å². The number of hydrogen-bond donors (Lipinski definition) is 0. The van der Waals surface area contributed by atoms with Gasteiger partial charge in [0.1, 0.15) is 0 Å². The van der Waals surface area contributed by atoms with Crippen LogP contribution in [0.5, 0.6) is 0 Å². The van der Waals surface area contributed by atoms with Crippen LogP contribution in [0, 0.1) is 10.8 Å². The molecule has 0 aromatic carbocycles. The second-order valence-corrected chi connectivity index (χ2v) is 5.81. The molecule has 0 saturated carbocycles. The second kappa shape index (κ2) is 6.81. The van der Waals surface area contributed by atoms with Crippen LogP contribution in [0.1, 0.15) is 26.7 Å². The molecule has 5 nitrogen and oxygen atoms in total. The fourth-order valence-electron chi connectivity index (χ4n) is 2.66. The molecule has 2 aliphatic rings. The fourth-order valence-corrected chi connectivity index (χ4v) is 2.66. The average molecular weight is 298 g/mol. The van der Waals surface area contributed by atoms with Crippen LogP contribution in [-0.4, -0.2) is 39.0 Å². The van der Waals surface area contributed by atoms with Crippen molar-refractivity contribution in [1.82, 2.24) is 0 Å². The van der Waals surface area contributed by atoms with Crippen molar-refractivity contribution in [3.63, 3.8) is 0 Å². The molecule has 4 unspecified atom stereocenters. The molecule has 4 atom stereocenters. The highest BCUT2D eigenvalue weighted by atomic mass is 16.8. The molecule has 0 bridgehead atoms. The predicted molar refractivity (Wildman–Crippen MR) is 78.3 cm³/mol. The maximum Gasteiger partial charge on any atom is 0.171 e. The zero-order valence-electron chi connectivity index (χ0n) is 13.0. The van der Waals surface area contributed by atoms with E-state index in [1.165, 1.54) is 12.5 Å². The molecule has 0 aromatic heterocycles. The molecule has 2 heterocycles. The molecule has 2 rings (SSSR count). The topological polar surface area (TPSA) is 46.2 Å². The highest BCUT2D eigenvalue weighted by molar-refractivity contribution is 4.94. The minimum atomic E-state index is -0.303. The fraction of sp³-hybridized carbons (Fsp3) is 0.750. The highest BCUT2D eigenvalue weighted by Crippen LogP contribution is 2.46. The predicted octanol–water partition coefficient (Wildman–Crippen LogP) is 2.83. The van der Waals surface area contributed by atoms with Gasteiger partial charge in [-0.05, 0) is 12.8 Å². The zero-order valence-corrected chi connectivity index (χ0v) is 13.0. The van der Waals surface area contributed by atoms with Crippen LogP contribution in [0.2, 0.25) is 0 Å². The number of rotatable bonds is 10. The molecule has 0 spiro atoms. The normalized spacial score (nSPS) is 38.0. The van der Waals surface area contributed by atoms with Crippen molar-refractivity contribution in [2.75, 3.05) is 26.4 Å². The molecule has 5 heteroatoms. The lowest BCUT2D eigenvalue weighted by molar-refractivity contribution is -0.416. The summed E-state index contributed by atoms with van der Waals surface area (Å²) in [5.41, 5.74) is -0.238. The van der Waals surface area contributed by atoms with Crippen molar-refractivity contribution < 1.29 is 23.7 Å². The van der Waals surface area contributed by atoms with Gasteiger partial charge in [0.15, 0.2) is 12.6 Å². The maximum absolute atomic E-state index is 6.06. The quantitative estimate of drug-likeness (QED) is 0.580. The summed E-state index contributed by atoms with van der Waals surface area (Å²) in [6.45, 7) is 13.8. The van der Waals surface area contributed by atoms with Gasteiger partial charge >= 0.3 is 0 Å². The van der Waals surface area contributed by atoms with Gasteiger partial charge in [0.05, 0.1) is 49.8 Å². The van der Waals surface area contributed by atoms with Gasteiger partial charge in [-0.2, -0.15) is 0 Å².